The number of hydrogen-bond acceptors (Lipinski definition) is 4. The third kappa shape index (κ3) is 2.70. The number of ketones is 1. The van der Waals surface area contributed by atoms with Gasteiger partial charge in [0.1, 0.15) is 0 Å². The molecule has 0 bridgehead atoms. The summed E-state index contributed by atoms with van der Waals surface area (Å²) in [6, 6.07) is 3.57. The summed E-state index contributed by atoms with van der Waals surface area (Å²) < 4.78 is 10.3. The first-order valence-corrected chi connectivity index (χ1v) is 6.28. The number of rotatable bonds is 5. The number of hydrogen-bond donors (Lipinski definition) is 0. The first-order chi connectivity index (χ1) is 7.63. The first kappa shape index (κ1) is 12.9. The Labute approximate surface area is 100 Å². The third-order valence-corrected chi connectivity index (χ3v) is 2.86. The van der Waals surface area contributed by atoms with Gasteiger partial charge in [0.05, 0.1) is 20.0 Å². The SMILES string of the molecule is COc1cc(C)c(C(=O)CSC)cc1OC. The summed E-state index contributed by atoms with van der Waals surface area (Å²) in [7, 11) is 3.15. The largest absolute Gasteiger partial charge is 0.493 e. The lowest BCUT2D eigenvalue weighted by atomic mass is 10.0. The Morgan fingerprint density at radius 1 is 1.25 bits per heavy atom. The molecule has 0 heterocycles. The number of aryl methyl sites for hydroxylation is 1. The maximum absolute atomic E-state index is 11.8. The minimum atomic E-state index is 0.117. The van der Waals surface area contributed by atoms with Gasteiger partial charge in [-0.25, -0.2) is 0 Å². The number of methoxy groups -OCH3 is 2. The van der Waals surface area contributed by atoms with Crippen molar-refractivity contribution < 1.29 is 14.3 Å². The van der Waals surface area contributed by atoms with Crippen LogP contribution in [0, 0.1) is 6.92 Å². The van der Waals surface area contributed by atoms with E-state index in [4.69, 9.17) is 9.47 Å². The molecule has 0 aliphatic rings. The molecule has 0 saturated heterocycles. The Bertz CT molecular complexity index is 388. The molecule has 0 aliphatic carbocycles. The molecular formula is C12H16O3S. The lowest BCUT2D eigenvalue weighted by molar-refractivity contribution is 0.102. The van der Waals surface area contributed by atoms with Crippen LogP contribution >= 0.6 is 11.8 Å². The fourth-order valence-electron chi connectivity index (χ4n) is 1.49. The van der Waals surface area contributed by atoms with E-state index >= 15 is 0 Å². The molecule has 0 saturated carbocycles. The second kappa shape index (κ2) is 5.80. The van der Waals surface area contributed by atoms with Crippen molar-refractivity contribution in [3.05, 3.63) is 23.3 Å². The Hall–Kier alpha value is -1.16. The van der Waals surface area contributed by atoms with E-state index in [9.17, 15) is 4.79 Å². The molecule has 0 radical (unpaired) electrons. The molecule has 0 N–H and O–H groups in total. The van der Waals surface area contributed by atoms with Gasteiger partial charge in [0, 0.05) is 5.56 Å². The van der Waals surface area contributed by atoms with E-state index in [1.54, 1.807) is 20.3 Å². The lowest BCUT2D eigenvalue weighted by Crippen LogP contribution is -2.05. The van der Waals surface area contributed by atoms with Crippen molar-refractivity contribution in [3.8, 4) is 11.5 Å². The third-order valence-electron chi connectivity index (χ3n) is 2.31. The van der Waals surface area contributed by atoms with Crippen molar-refractivity contribution in [1.29, 1.82) is 0 Å². The number of ether oxygens (including phenoxy) is 2. The second-order valence-corrected chi connectivity index (χ2v) is 4.24. The Balaban J connectivity index is 3.15. The highest BCUT2D eigenvalue weighted by Gasteiger charge is 2.13. The topological polar surface area (TPSA) is 35.5 Å². The molecular weight excluding hydrogens is 224 g/mol. The van der Waals surface area contributed by atoms with Crippen molar-refractivity contribution in [2.45, 2.75) is 6.92 Å². The number of thioether (sulfide) groups is 1. The fourth-order valence-corrected chi connectivity index (χ4v) is 1.91. The van der Waals surface area contributed by atoms with Gasteiger partial charge in [0.2, 0.25) is 0 Å². The highest BCUT2D eigenvalue weighted by atomic mass is 32.2. The van der Waals surface area contributed by atoms with Crippen LogP contribution in [0.3, 0.4) is 0 Å². The first-order valence-electron chi connectivity index (χ1n) is 4.88. The van der Waals surface area contributed by atoms with Crippen LogP contribution in [-0.2, 0) is 0 Å². The molecule has 88 valence electrons. The molecule has 4 heteroatoms. The van der Waals surface area contributed by atoms with Crippen LogP contribution in [0.5, 0.6) is 11.5 Å². The van der Waals surface area contributed by atoms with Gasteiger partial charge < -0.3 is 9.47 Å². The number of benzene rings is 1. The van der Waals surface area contributed by atoms with Crippen LogP contribution < -0.4 is 9.47 Å². The molecule has 3 nitrogen and oxygen atoms in total. The minimum Gasteiger partial charge on any atom is -0.493 e. The summed E-state index contributed by atoms with van der Waals surface area (Å²) in [5.41, 5.74) is 1.61. The number of carbonyl (C=O) groups is 1. The molecule has 0 aliphatic heterocycles. The highest BCUT2D eigenvalue weighted by molar-refractivity contribution is 7.99. The predicted molar refractivity (Wildman–Crippen MR) is 67.0 cm³/mol. The smallest absolute Gasteiger partial charge is 0.173 e. The van der Waals surface area contributed by atoms with Crippen molar-refractivity contribution in [2.75, 3.05) is 26.2 Å². The van der Waals surface area contributed by atoms with Gasteiger partial charge in [0.25, 0.3) is 0 Å². The van der Waals surface area contributed by atoms with Crippen LogP contribution in [0.15, 0.2) is 12.1 Å². The number of carbonyl (C=O) groups excluding carboxylic acids is 1. The summed E-state index contributed by atoms with van der Waals surface area (Å²) in [4.78, 5) is 11.8. The maximum atomic E-state index is 11.8. The molecule has 0 aromatic heterocycles. The van der Waals surface area contributed by atoms with Crippen LogP contribution in [0.2, 0.25) is 0 Å². The van der Waals surface area contributed by atoms with E-state index in [0.717, 1.165) is 5.56 Å². The quantitative estimate of drug-likeness (QED) is 0.741. The molecule has 1 rings (SSSR count). The van der Waals surface area contributed by atoms with E-state index in [1.807, 2.05) is 19.2 Å². The summed E-state index contributed by atoms with van der Waals surface area (Å²) in [5.74, 6) is 1.85. The van der Waals surface area contributed by atoms with Crippen molar-refractivity contribution in [2.24, 2.45) is 0 Å². The minimum absolute atomic E-state index is 0.117. The normalized spacial score (nSPS) is 10.0. The Morgan fingerprint density at radius 3 is 2.31 bits per heavy atom. The average molecular weight is 240 g/mol. The Kier molecular flexibility index (Phi) is 4.68. The zero-order valence-corrected chi connectivity index (χ0v) is 10.8. The zero-order chi connectivity index (χ0) is 12.1. The molecule has 0 fully saturated rings. The van der Waals surface area contributed by atoms with Crippen molar-refractivity contribution in [1.82, 2.24) is 0 Å². The van der Waals surface area contributed by atoms with Gasteiger partial charge in [-0.05, 0) is 30.9 Å². The predicted octanol–water partition coefficient (Wildman–Crippen LogP) is 2.56. The van der Waals surface area contributed by atoms with E-state index in [2.05, 4.69) is 0 Å². The van der Waals surface area contributed by atoms with Crippen LogP contribution in [0.1, 0.15) is 15.9 Å². The highest BCUT2D eigenvalue weighted by Crippen LogP contribution is 2.30. The monoisotopic (exact) mass is 240 g/mol. The van der Waals surface area contributed by atoms with E-state index in [0.29, 0.717) is 22.8 Å². The summed E-state index contributed by atoms with van der Waals surface area (Å²) in [6.45, 7) is 1.90. The van der Waals surface area contributed by atoms with Crippen LogP contribution in [-0.4, -0.2) is 32.0 Å². The Morgan fingerprint density at radius 2 is 1.81 bits per heavy atom. The molecule has 0 unspecified atom stereocenters. The summed E-state index contributed by atoms with van der Waals surface area (Å²) in [6.07, 6.45) is 1.91. The average Bonchev–Trinajstić information content (AvgIpc) is 2.28. The molecule has 0 spiro atoms. The second-order valence-electron chi connectivity index (χ2n) is 3.38. The van der Waals surface area contributed by atoms with Gasteiger partial charge in [-0.15, -0.1) is 0 Å². The summed E-state index contributed by atoms with van der Waals surface area (Å²) in [5, 5.41) is 0. The van der Waals surface area contributed by atoms with Crippen molar-refractivity contribution >= 4 is 17.5 Å². The van der Waals surface area contributed by atoms with E-state index in [1.165, 1.54) is 11.8 Å². The van der Waals surface area contributed by atoms with Gasteiger partial charge >= 0.3 is 0 Å². The molecule has 1 aromatic rings. The van der Waals surface area contributed by atoms with Gasteiger partial charge in [-0.3, -0.25) is 4.79 Å². The number of Topliss-reactive ketones (excluding diaryl/α,β-unsaturated/α-hetero) is 1. The zero-order valence-electron chi connectivity index (χ0n) is 9.99. The van der Waals surface area contributed by atoms with E-state index in [-0.39, 0.29) is 5.78 Å². The molecule has 0 atom stereocenters. The maximum Gasteiger partial charge on any atom is 0.173 e. The standard InChI is InChI=1S/C12H16O3S/c1-8-5-11(14-2)12(15-3)6-9(8)10(13)7-16-4/h5-6H,7H2,1-4H3. The fraction of sp³-hybridized carbons (Fsp3) is 0.417. The lowest BCUT2D eigenvalue weighted by Gasteiger charge is -2.11. The van der Waals surface area contributed by atoms with Crippen LogP contribution in [0.25, 0.3) is 0 Å². The van der Waals surface area contributed by atoms with E-state index < -0.39 is 0 Å². The summed E-state index contributed by atoms with van der Waals surface area (Å²) >= 11 is 1.52. The molecule has 1 aromatic carbocycles. The molecule has 0 amide bonds. The molecule has 16 heavy (non-hydrogen) atoms. The van der Waals surface area contributed by atoms with Crippen LogP contribution in [0.4, 0.5) is 0 Å². The van der Waals surface area contributed by atoms with Gasteiger partial charge in [-0.2, -0.15) is 11.8 Å². The van der Waals surface area contributed by atoms with Gasteiger partial charge in [0.15, 0.2) is 17.3 Å². The van der Waals surface area contributed by atoms with Gasteiger partial charge in [-0.1, -0.05) is 0 Å². The van der Waals surface area contributed by atoms with Crippen molar-refractivity contribution in [3.63, 3.8) is 0 Å².